The number of Topliss-reactive ketones (excluding diaryl/α,β-unsaturated/α-hetero) is 1. The molecule has 4 atom stereocenters. The number of fused-ring (bicyclic) bond motifs is 3. The van der Waals surface area contributed by atoms with Crippen molar-refractivity contribution in [3.8, 4) is 0 Å². The molecule has 0 spiro atoms. The smallest absolute Gasteiger partial charge is 0.246 e. The predicted molar refractivity (Wildman–Crippen MR) is 220 cm³/mol. The monoisotopic (exact) mass is 751 g/mol. The number of aliphatic imine (C=N–C) groups is 2. The molecule has 2 N–H and O–H groups in total. The second kappa shape index (κ2) is 21.2. The first kappa shape index (κ1) is 44.5. The fourth-order valence-corrected chi connectivity index (χ4v) is 9.46. The highest BCUT2D eigenvalue weighted by molar-refractivity contribution is 8.04. The second-order valence-electron chi connectivity index (χ2n) is 18.0. The van der Waals surface area contributed by atoms with Gasteiger partial charge in [-0.15, -0.1) is 23.5 Å². The van der Waals surface area contributed by atoms with Gasteiger partial charge < -0.3 is 20.1 Å². The van der Waals surface area contributed by atoms with Gasteiger partial charge >= 0.3 is 0 Å². The first-order valence-electron chi connectivity index (χ1n) is 20.1. The number of nitrogens with one attached hydrogen (secondary N) is 2. The molecule has 0 radical (unpaired) electrons. The van der Waals surface area contributed by atoms with E-state index < -0.39 is 11.2 Å². The van der Waals surface area contributed by atoms with Crippen molar-refractivity contribution in [3.63, 3.8) is 0 Å². The van der Waals surface area contributed by atoms with E-state index in [1.165, 1.54) is 70.6 Å². The van der Waals surface area contributed by atoms with E-state index in [0.717, 1.165) is 18.1 Å². The van der Waals surface area contributed by atoms with E-state index in [2.05, 4.69) is 36.9 Å². The number of ether oxygens (including phenoxy) is 2. The van der Waals surface area contributed by atoms with Gasteiger partial charge in [0.05, 0.1) is 28.3 Å². The molecule has 0 aromatic carbocycles. The van der Waals surface area contributed by atoms with E-state index in [1.807, 2.05) is 72.0 Å². The topological polar surface area (TPSA) is 101 Å². The molecule has 2 saturated carbocycles. The van der Waals surface area contributed by atoms with Crippen LogP contribution < -0.4 is 10.6 Å². The summed E-state index contributed by atoms with van der Waals surface area (Å²) in [4.78, 5) is 35.8. The average molecular weight is 751 g/mol. The summed E-state index contributed by atoms with van der Waals surface area (Å²) in [5, 5.41) is 7.44. The summed E-state index contributed by atoms with van der Waals surface area (Å²) in [6.45, 7) is 20.5. The summed E-state index contributed by atoms with van der Waals surface area (Å²) in [6.07, 6.45) is 19.2. The van der Waals surface area contributed by atoms with Gasteiger partial charge in [0.2, 0.25) is 5.91 Å². The maximum atomic E-state index is 12.8. The van der Waals surface area contributed by atoms with Gasteiger partial charge in [0.15, 0.2) is 0 Å². The van der Waals surface area contributed by atoms with E-state index >= 15 is 0 Å². The van der Waals surface area contributed by atoms with Crippen molar-refractivity contribution in [2.45, 2.75) is 185 Å². The fraction of sp³-hybridized carbons (Fsp3) is 0.902. The van der Waals surface area contributed by atoms with Crippen LogP contribution in [0.3, 0.4) is 0 Å². The van der Waals surface area contributed by atoms with E-state index in [4.69, 9.17) is 19.5 Å². The van der Waals surface area contributed by atoms with Crippen molar-refractivity contribution >= 4 is 47.6 Å². The molecule has 10 heteroatoms. The molecular weight excluding hydrogens is 677 g/mol. The van der Waals surface area contributed by atoms with Crippen LogP contribution >= 0.6 is 23.5 Å². The first-order chi connectivity index (χ1) is 24.0. The predicted octanol–water partition coefficient (Wildman–Crippen LogP) is 8.49. The summed E-state index contributed by atoms with van der Waals surface area (Å²) >= 11 is 3.89. The maximum Gasteiger partial charge on any atom is 0.246 e. The highest BCUT2D eigenvalue weighted by atomic mass is 32.2. The fourth-order valence-electron chi connectivity index (χ4n) is 7.18. The molecule has 1 heterocycles. The number of thioether (sulfide) groups is 2. The summed E-state index contributed by atoms with van der Waals surface area (Å²) in [6, 6.07) is 0.838. The minimum absolute atomic E-state index is 0.00681. The molecule has 2 aliphatic carbocycles. The van der Waals surface area contributed by atoms with Crippen LogP contribution in [0.4, 0.5) is 0 Å². The largest absolute Gasteiger partial charge is 0.375 e. The Hall–Kier alpha value is -0.940. The Balaban J connectivity index is 1.53. The van der Waals surface area contributed by atoms with E-state index in [1.54, 1.807) is 0 Å². The Morgan fingerprint density at radius 1 is 0.980 bits per heavy atom. The first-order valence-corrected chi connectivity index (χ1v) is 22.2. The Morgan fingerprint density at radius 3 is 2.41 bits per heavy atom. The van der Waals surface area contributed by atoms with Crippen LogP contribution in [0.25, 0.3) is 0 Å². The molecule has 8 nitrogen and oxygen atoms in total. The third-order valence-corrected chi connectivity index (χ3v) is 13.6. The van der Waals surface area contributed by atoms with Crippen LogP contribution in [0.1, 0.15) is 146 Å². The highest BCUT2D eigenvalue weighted by Gasteiger charge is 2.33. The van der Waals surface area contributed by atoms with Crippen LogP contribution in [0.15, 0.2) is 9.98 Å². The number of hydrogen-bond acceptors (Lipinski definition) is 9. The second-order valence-corrected chi connectivity index (χ2v) is 20.6. The van der Waals surface area contributed by atoms with Crippen molar-refractivity contribution in [3.05, 3.63) is 0 Å². The number of rotatable bonds is 16. The molecule has 1 amide bonds. The Bertz CT molecular complexity index is 1110. The van der Waals surface area contributed by atoms with Crippen molar-refractivity contribution in [2.75, 3.05) is 37.8 Å². The van der Waals surface area contributed by atoms with Crippen LogP contribution in [0, 0.1) is 11.3 Å². The third-order valence-electron chi connectivity index (χ3n) is 10.9. The zero-order chi connectivity index (χ0) is 37.5. The van der Waals surface area contributed by atoms with Gasteiger partial charge in [-0.3, -0.25) is 19.6 Å². The highest BCUT2D eigenvalue weighted by Crippen LogP contribution is 2.34. The van der Waals surface area contributed by atoms with Crippen LogP contribution in [0.2, 0.25) is 0 Å². The van der Waals surface area contributed by atoms with E-state index in [-0.39, 0.29) is 39.8 Å². The lowest BCUT2D eigenvalue weighted by molar-refractivity contribution is -0.137. The number of nitrogens with zero attached hydrogens (tertiary/aromatic N) is 2. The standard InChI is InChI=1S/C41H74N4O4S2/c1-38(2,3)36(46)27-40(6,7)48-24-21-39(4,5)49-30-37(47)42-22-25-50-34(28-43-32-16-12-10-11-13-17-32)35-29-44-33-18-14-15-31(19-20-33)41(8,9)45-23-26-51-35/h28-29,31-35,45H,10-27,30H2,1-9H3,(H,42,47)/b43-28-,44-29-. The minimum atomic E-state index is -0.544. The van der Waals surface area contributed by atoms with Gasteiger partial charge in [-0.25, -0.2) is 0 Å². The SMILES string of the molecule is CC(C)(CCOC(C)(C)CC(=O)C(C)(C)C)OCC(=O)NCCSC(/C=N\C1CCCCCC1)C1/C=N\C2CCCC(CC2)C(C)(C)NCCS1. The third kappa shape index (κ3) is 17.4. The summed E-state index contributed by atoms with van der Waals surface area (Å²) in [5.74, 6) is 2.63. The van der Waals surface area contributed by atoms with Crippen molar-refractivity contribution < 1.29 is 19.1 Å². The molecule has 294 valence electrons. The molecule has 0 aromatic heterocycles. The number of carbonyl (C=O) groups excluding carboxylic acids is 2. The molecule has 3 rings (SSSR count). The molecule has 1 aliphatic heterocycles. The molecule has 2 fully saturated rings. The Morgan fingerprint density at radius 2 is 1.71 bits per heavy atom. The summed E-state index contributed by atoms with van der Waals surface area (Å²) in [7, 11) is 0. The lowest BCUT2D eigenvalue weighted by atomic mass is 9.82. The number of carbonyl (C=O) groups is 2. The number of hydrogen-bond donors (Lipinski definition) is 2. The Labute approximate surface area is 320 Å². The van der Waals surface area contributed by atoms with Gasteiger partial charge in [-0.2, -0.15) is 0 Å². The molecular formula is C41H74N4O4S2. The molecule has 0 saturated heterocycles. The van der Waals surface area contributed by atoms with Crippen LogP contribution in [-0.4, -0.2) is 101 Å². The van der Waals surface area contributed by atoms with E-state index in [9.17, 15) is 9.59 Å². The normalized spacial score (nSPS) is 25.7. The molecule has 3 aliphatic rings. The average Bonchev–Trinajstić information content (AvgIpc) is 3.45. The van der Waals surface area contributed by atoms with Crippen LogP contribution in [0.5, 0.6) is 0 Å². The van der Waals surface area contributed by atoms with Gasteiger partial charge in [0, 0.05) is 66.5 Å². The van der Waals surface area contributed by atoms with Crippen molar-refractivity contribution in [1.82, 2.24) is 10.6 Å². The van der Waals surface area contributed by atoms with Gasteiger partial charge in [-0.1, -0.05) is 52.9 Å². The van der Waals surface area contributed by atoms with Gasteiger partial charge in [-0.05, 0) is 92.4 Å². The lowest BCUT2D eigenvalue weighted by Gasteiger charge is -2.35. The van der Waals surface area contributed by atoms with Crippen molar-refractivity contribution in [2.24, 2.45) is 21.3 Å². The van der Waals surface area contributed by atoms with E-state index in [0.29, 0.717) is 44.0 Å². The number of amides is 1. The molecule has 51 heavy (non-hydrogen) atoms. The molecule has 2 bridgehead atoms. The van der Waals surface area contributed by atoms with Gasteiger partial charge in [0.25, 0.3) is 0 Å². The molecule has 0 aromatic rings. The Kier molecular flexibility index (Phi) is 18.5. The van der Waals surface area contributed by atoms with Crippen molar-refractivity contribution in [1.29, 1.82) is 0 Å². The minimum Gasteiger partial charge on any atom is -0.375 e. The zero-order valence-electron chi connectivity index (χ0n) is 33.8. The lowest BCUT2D eigenvalue weighted by Crippen LogP contribution is -2.47. The summed E-state index contributed by atoms with van der Waals surface area (Å²) in [5.41, 5.74) is -1.30. The maximum absolute atomic E-state index is 12.8. The van der Waals surface area contributed by atoms with Crippen LogP contribution in [-0.2, 0) is 19.1 Å². The molecule has 4 unspecified atom stereocenters. The quantitative estimate of drug-likeness (QED) is 0.0928. The zero-order valence-corrected chi connectivity index (χ0v) is 35.5. The van der Waals surface area contributed by atoms with Gasteiger partial charge in [0.1, 0.15) is 12.4 Å². The number of ketones is 1. The summed E-state index contributed by atoms with van der Waals surface area (Å²) < 4.78 is 12.1.